The molecule has 0 aliphatic carbocycles. The van der Waals surface area contributed by atoms with Crippen molar-refractivity contribution in [3.63, 3.8) is 0 Å². The topological polar surface area (TPSA) is 228 Å². The van der Waals surface area contributed by atoms with Crippen LogP contribution in [0.3, 0.4) is 0 Å². The Hall–Kier alpha value is -3.78. The fourth-order valence-electron chi connectivity index (χ4n) is 3.16. The van der Waals surface area contributed by atoms with Gasteiger partial charge in [-0.2, -0.15) is 0 Å². The van der Waals surface area contributed by atoms with E-state index >= 15 is 0 Å². The molecule has 2 rings (SSSR count). The van der Waals surface area contributed by atoms with E-state index in [9.17, 15) is 24.3 Å². The van der Waals surface area contributed by atoms with Crippen molar-refractivity contribution in [2.45, 2.75) is 57.3 Å². The SMILES string of the molecule is CCC(C)C(N)C(=O)NC(Cc1cnc[nH]1)C(=O)NC(Cc1cnc[nH]1)C(=O)NC(CO)C(=O)O. The van der Waals surface area contributed by atoms with Crippen LogP contribution in [0.4, 0.5) is 0 Å². The molecule has 3 amide bonds. The molecule has 5 atom stereocenters. The maximum Gasteiger partial charge on any atom is 0.328 e. The highest BCUT2D eigenvalue weighted by Crippen LogP contribution is 2.08. The van der Waals surface area contributed by atoms with Gasteiger partial charge in [0.25, 0.3) is 0 Å². The van der Waals surface area contributed by atoms with Crippen LogP contribution in [0, 0.1) is 5.92 Å². The van der Waals surface area contributed by atoms with Gasteiger partial charge in [-0.25, -0.2) is 14.8 Å². The average Bonchev–Trinajstić information content (AvgIpc) is 3.54. The molecule has 0 bridgehead atoms. The highest BCUT2D eigenvalue weighted by molar-refractivity contribution is 5.94. The van der Waals surface area contributed by atoms with E-state index in [1.54, 1.807) is 0 Å². The smallest absolute Gasteiger partial charge is 0.328 e. The first-order valence-electron chi connectivity index (χ1n) is 11.1. The molecule has 14 nitrogen and oxygen atoms in total. The van der Waals surface area contributed by atoms with E-state index in [0.29, 0.717) is 17.8 Å². The third-order valence-corrected chi connectivity index (χ3v) is 5.58. The second-order valence-electron chi connectivity index (χ2n) is 8.18. The van der Waals surface area contributed by atoms with Gasteiger partial charge in [0.15, 0.2) is 0 Å². The van der Waals surface area contributed by atoms with Crippen LogP contribution in [0.5, 0.6) is 0 Å². The van der Waals surface area contributed by atoms with Crippen LogP contribution in [0.15, 0.2) is 25.0 Å². The Kier molecular flexibility index (Phi) is 10.4. The minimum absolute atomic E-state index is 0.0393. The quantitative estimate of drug-likeness (QED) is 0.143. The fraction of sp³-hybridized carbons (Fsp3) is 0.524. The number of hydrogen-bond acceptors (Lipinski definition) is 8. The van der Waals surface area contributed by atoms with Crippen molar-refractivity contribution < 1.29 is 29.4 Å². The molecule has 9 N–H and O–H groups in total. The van der Waals surface area contributed by atoms with E-state index in [-0.39, 0.29) is 18.8 Å². The molecular formula is C21H32N8O6. The van der Waals surface area contributed by atoms with Crippen molar-refractivity contribution in [1.29, 1.82) is 0 Å². The minimum atomic E-state index is -1.56. The number of imidazole rings is 2. The van der Waals surface area contributed by atoms with Gasteiger partial charge in [-0.3, -0.25) is 14.4 Å². The summed E-state index contributed by atoms with van der Waals surface area (Å²) < 4.78 is 0. The number of carbonyl (C=O) groups is 4. The van der Waals surface area contributed by atoms with Gasteiger partial charge in [0.05, 0.1) is 25.3 Å². The summed E-state index contributed by atoms with van der Waals surface area (Å²) in [4.78, 5) is 63.4. The number of nitrogens with zero attached hydrogens (tertiary/aromatic N) is 2. The van der Waals surface area contributed by atoms with Gasteiger partial charge in [0, 0.05) is 36.6 Å². The predicted molar refractivity (Wildman–Crippen MR) is 123 cm³/mol. The van der Waals surface area contributed by atoms with E-state index < -0.39 is 54.5 Å². The fourth-order valence-corrected chi connectivity index (χ4v) is 3.16. The molecule has 0 aromatic carbocycles. The lowest BCUT2D eigenvalue weighted by molar-refractivity contribution is -0.143. The molecule has 0 saturated heterocycles. The summed E-state index contributed by atoms with van der Waals surface area (Å²) in [5.74, 6) is -3.62. The van der Waals surface area contributed by atoms with E-state index in [1.165, 1.54) is 25.0 Å². The molecule has 192 valence electrons. The first-order valence-corrected chi connectivity index (χ1v) is 11.1. The summed E-state index contributed by atoms with van der Waals surface area (Å²) in [5, 5.41) is 25.8. The zero-order chi connectivity index (χ0) is 26.0. The second-order valence-corrected chi connectivity index (χ2v) is 8.18. The number of aromatic amines is 2. The van der Waals surface area contributed by atoms with Crippen LogP contribution in [-0.4, -0.2) is 84.6 Å². The summed E-state index contributed by atoms with van der Waals surface area (Å²) in [6, 6.07) is -4.75. The number of aliphatic carboxylic acids is 1. The standard InChI is InChI=1S/C21H32N8O6/c1-3-11(2)17(22)20(33)28-15(5-13-7-24-10-26-13)18(31)27-14(4-12-6-23-9-25-12)19(32)29-16(8-30)21(34)35/h6-7,9-11,14-17,30H,3-5,8,22H2,1-2H3,(H,23,25)(H,24,26)(H,27,31)(H,28,33)(H,29,32)(H,34,35). The van der Waals surface area contributed by atoms with Crippen LogP contribution >= 0.6 is 0 Å². The molecule has 14 heteroatoms. The van der Waals surface area contributed by atoms with Crippen LogP contribution in [-0.2, 0) is 32.0 Å². The van der Waals surface area contributed by atoms with Crippen molar-refractivity contribution in [1.82, 2.24) is 35.9 Å². The molecule has 2 aromatic rings. The van der Waals surface area contributed by atoms with E-state index in [0.717, 1.165) is 0 Å². The maximum atomic E-state index is 13.2. The third kappa shape index (κ3) is 8.19. The lowest BCUT2D eigenvalue weighted by Gasteiger charge is -2.25. The maximum absolute atomic E-state index is 13.2. The predicted octanol–water partition coefficient (Wildman–Crippen LogP) is -2.18. The Morgan fingerprint density at radius 1 is 0.914 bits per heavy atom. The lowest BCUT2D eigenvalue weighted by Crippen LogP contribution is -2.59. The molecule has 0 aliphatic rings. The molecule has 0 fully saturated rings. The van der Waals surface area contributed by atoms with Gasteiger partial charge in [-0.05, 0) is 5.92 Å². The number of hydrogen-bond donors (Lipinski definition) is 8. The van der Waals surface area contributed by atoms with Crippen molar-refractivity contribution in [2.24, 2.45) is 11.7 Å². The minimum Gasteiger partial charge on any atom is -0.480 e. The Balaban J connectivity index is 2.23. The first-order chi connectivity index (χ1) is 16.7. The van der Waals surface area contributed by atoms with Gasteiger partial charge in [-0.15, -0.1) is 0 Å². The second kappa shape index (κ2) is 13.2. The van der Waals surface area contributed by atoms with Crippen molar-refractivity contribution in [2.75, 3.05) is 6.61 Å². The number of carbonyl (C=O) groups excluding carboxylic acids is 3. The summed E-state index contributed by atoms with van der Waals surface area (Å²) in [6.45, 7) is 2.87. The molecule has 0 radical (unpaired) electrons. The van der Waals surface area contributed by atoms with Crippen LogP contribution < -0.4 is 21.7 Å². The number of carboxylic acids is 1. The number of aliphatic hydroxyl groups excluding tert-OH is 1. The number of aliphatic hydroxyl groups is 1. The number of aromatic nitrogens is 4. The number of nitrogens with two attached hydrogens (primary N) is 1. The van der Waals surface area contributed by atoms with Crippen molar-refractivity contribution in [3.05, 3.63) is 36.4 Å². The van der Waals surface area contributed by atoms with Crippen LogP contribution in [0.1, 0.15) is 31.7 Å². The molecule has 35 heavy (non-hydrogen) atoms. The Bertz CT molecular complexity index is 965. The Labute approximate surface area is 201 Å². The van der Waals surface area contributed by atoms with Gasteiger partial charge in [0.1, 0.15) is 18.1 Å². The Morgan fingerprint density at radius 3 is 1.74 bits per heavy atom. The number of nitrogens with one attached hydrogen (secondary N) is 5. The van der Waals surface area contributed by atoms with Crippen molar-refractivity contribution in [3.8, 4) is 0 Å². The summed E-state index contributed by atoms with van der Waals surface area (Å²) in [6.07, 6.45) is 6.40. The molecule has 0 aliphatic heterocycles. The van der Waals surface area contributed by atoms with Crippen LogP contribution in [0.2, 0.25) is 0 Å². The molecule has 0 spiro atoms. The number of carboxylic acid groups (broad SMARTS) is 1. The average molecular weight is 493 g/mol. The molecule has 5 unspecified atom stereocenters. The number of H-pyrrole nitrogens is 2. The van der Waals surface area contributed by atoms with Gasteiger partial charge >= 0.3 is 5.97 Å². The summed E-state index contributed by atoms with van der Waals surface area (Å²) in [7, 11) is 0. The normalized spacial score (nSPS) is 15.3. The largest absolute Gasteiger partial charge is 0.480 e. The highest BCUT2D eigenvalue weighted by Gasteiger charge is 2.31. The van der Waals surface area contributed by atoms with Gasteiger partial charge < -0.3 is 41.9 Å². The molecular weight excluding hydrogens is 460 g/mol. The van der Waals surface area contributed by atoms with E-state index in [1.807, 2.05) is 13.8 Å². The zero-order valence-corrected chi connectivity index (χ0v) is 19.5. The monoisotopic (exact) mass is 492 g/mol. The molecule has 2 heterocycles. The lowest BCUT2D eigenvalue weighted by atomic mass is 9.98. The Morgan fingerprint density at radius 2 is 1.37 bits per heavy atom. The van der Waals surface area contributed by atoms with Gasteiger partial charge in [0.2, 0.25) is 17.7 Å². The van der Waals surface area contributed by atoms with Gasteiger partial charge in [-0.1, -0.05) is 20.3 Å². The number of rotatable bonds is 14. The first kappa shape index (κ1) is 27.5. The zero-order valence-electron chi connectivity index (χ0n) is 19.5. The van der Waals surface area contributed by atoms with E-state index in [4.69, 9.17) is 10.8 Å². The summed E-state index contributed by atoms with van der Waals surface area (Å²) >= 11 is 0. The molecule has 2 aromatic heterocycles. The van der Waals surface area contributed by atoms with Crippen LogP contribution in [0.25, 0.3) is 0 Å². The van der Waals surface area contributed by atoms with Crippen molar-refractivity contribution >= 4 is 23.7 Å². The summed E-state index contributed by atoms with van der Waals surface area (Å²) in [5.41, 5.74) is 7.07. The highest BCUT2D eigenvalue weighted by atomic mass is 16.4. The third-order valence-electron chi connectivity index (χ3n) is 5.58. The molecule has 0 saturated carbocycles. The number of amides is 3. The van der Waals surface area contributed by atoms with E-state index in [2.05, 4.69) is 35.9 Å².